The summed E-state index contributed by atoms with van der Waals surface area (Å²) in [6, 6.07) is 0. The Morgan fingerprint density at radius 2 is 2.23 bits per heavy atom. The lowest BCUT2D eigenvalue weighted by Gasteiger charge is -2.47. The Morgan fingerprint density at radius 1 is 1.46 bits per heavy atom. The molecule has 3 aliphatic rings. The van der Waals surface area contributed by atoms with Crippen molar-refractivity contribution in [1.82, 2.24) is 0 Å². The number of hydrogen-bond acceptors (Lipinski definition) is 2. The molecule has 0 aromatic carbocycles. The van der Waals surface area contributed by atoms with Crippen LogP contribution in [0.1, 0.15) is 26.2 Å². The van der Waals surface area contributed by atoms with E-state index >= 15 is 0 Å². The molecule has 0 bridgehead atoms. The van der Waals surface area contributed by atoms with Gasteiger partial charge in [0, 0.05) is 12.3 Å². The van der Waals surface area contributed by atoms with Crippen molar-refractivity contribution in [2.24, 2.45) is 11.8 Å². The number of ether oxygens (including phenoxy) is 2. The Labute approximate surface area is 78.9 Å². The summed E-state index contributed by atoms with van der Waals surface area (Å²) in [4.78, 5) is 0. The third-order valence-corrected chi connectivity index (χ3v) is 3.73. The molecular formula is C11H16O2. The lowest BCUT2D eigenvalue weighted by molar-refractivity contribution is -0.257. The molecule has 0 radical (unpaired) electrons. The monoisotopic (exact) mass is 180 g/mol. The largest absolute Gasteiger partial charge is 0.347 e. The highest BCUT2D eigenvalue weighted by atomic mass is 16.7. The van der Waals surface area contributed by atoms with Crippen molar-refractivity contribution in [2.45, 2.75) is 32.0 Å². The van der Waals surface area contributed by atoms with E-state index in [4.69, 9.17) is 9.47 Å². The molecule has 1 aliphatic heterocycles. The number of hydrogen-bond donors (Lipinski definition) is 0. The van der Waals surface area contributed by atoms with Gasteiger partial charge in [-0.15, -0.1) is 0 Å². The second kappa shape index (κ2) is 2.58. The number of allylic oxidation sites excluding steroid dienone is 1. The highest BCUT2D eigenvalue weighted by Crippen LogP contribution is 2.56. The molecule has 2 fully saturated rings. The van der Waals surface area contributed by atoms with Crippen molar-refractivity contribution in [3.63, 3.8) is 0 Å². The third kappa shape index (κ3) is 0.960. The molecule has 0 aromatic rings. The van der Waals surface area contributed by atoms with Gasteiger partial charge in [0.1, 0.15) is 0 Å². The highest BCUT2D eigenvalue weighted by molar-refractivity contribution is 5.22. The van der Waals surface area contributed by atoms with Crippen LogP contribution in [0, 0.1) is 11.8 Å². The predicted molar refractivity (Wildman–Crippen MR) is 49.2 cm³/mol. The molecule has 2 nitrogen and oxygen atoms in total. The quantitative estimate of drug-likeness (QED) is 0.575. The summed E-state index contributed by atoms with van der Waals surface area (Å²) < 4.78 is 11.4. The van der Waals surface area contributed by atoms with Crippen LogP contribution in [0.3, 0.4) is 0 Å². The van der Waals surface area contributed by atoms with Crippen LogP contribution >= 0.6 is 0 Å². The van der Waals surface area contributed by atoms with Gasteiger partial charge >= 0.3 is 0 Å². The van der Waals surface area contributed by atoms with Crippen molar-refractivity contribution in [1.29, 1.82) is 0 Å². The van der Waals surface area contributed by atoms with Gasteiger partial charge < -0.3 is 9.47 Å². The summed E-state index contributed by atoms with van der Waals surface area (Å²) in [5.41, 5.74) is 1.60. The van der Waals surface area contributed by atoms with Gasteiger partial charge in [-0.25, -0.2) is 0 Å². The van der Waals surface area contributed by atoms with E-state index in [-0.39, 0.29) is 5.79 Å². The number of fused-ring (bicyclic) bond motifs is 2. The van der Waals surface area contributed by atoms with Crippen molar-refractivity contribution in [2.75, 3.05) is 13.2 Å². The van der Waals surface area contributed by atoms with E-state index in [1.54, 1.807) is 5.57 Å². The van der Waals surface area contributed by atoms with Gasteiger partial charge in [-0.3, -0.25) is 0 Å². The van der Waals surface area contributed by atoms with Gasteiger partial charge in [0.15, 0.2) is 5.79 Å². The second-order valence-corrected chi connectivity index (χ2v) is 4.38. The van der Waals surface area contributed by atoms with Crippen LogP contribution in [0.5, 0.6) is 0 Å². The van der Waals surface area contributed by atoms with Crippen LogP contribution < -0.4 is 0 Å². The van der Waals surface area contributed by atoms with Gasteiger partial charge in [-0.1, -0.05) is 18.6 Å². The first-order valence-electron chi connectivity index (χ1n) is 5.31. The molecule has 2 heteroatoms. The first-order chi connectivity index (χ1) is 6.34. The molecule has 0 N–H and O–H groups in total. The Kier molecular flexibility index (Phi) is 1.59. The Balaban J connectivity index is 1.80. The van der Waals surface area contributed by atoms with E-state index in [0.717, 1.165) is 25.6 Å². The van der Waals surface area contributed by atoms with Crippen LogP contribution in [0.15, 0.2) is 11.6 Å². The summed E-state index contributed by atoms with van der Waals surface area (Å²) in [5.74, 6) is 1.22. The minimum absolute atomic E-state index is 0.179. The molecule has 0 amide bonds. The van der Waals surface area contributed by atoms with E-state index in [2.05, 4.69) is 13.0 Å². The van der Waals surface area contributed by atoms with Crippen molar-refractivity contribution in [3.8, 4) is 0 Å². The zero-order valence-corrected chi connectivity index (χ0v) is 8.08. The molecule has 3 rings (SSSR count). The van der Waals surface area contributed by atoms with Gasteiger partial charge in [-0.2, -0.15) is 0 Å². The van der Waals surface area contributed by atoms with E-state index in [0.29, 0.717) is 5.92 Å². The molecule has 0 aromatic heterocycles. The Hall–Kier alpha value is -0.340. The minimum Gasteiger partial charge on any atom is -0.347 e. The first kappa shape index (κ1) is 8.01. The molecule has 2 unspecified atom stereocenters. The lowest BCUT2D eigenvalue weighted by atomic mass is 9.70. The zero-order chi connectivity index (χ0) is 8.89. The van der Waals surface area contributed by atoms with Crippen molar-refractivity contribution in [3.05, 3.63) is 11.6 Å². The predicted octanol–water partition coefficient (Wildman–Crippen LogP) is 2.11. The maximum Gasteiger partial charge on any atom is 0.175 e. The summed E-state index contributed by atoms with van der Waals surface area (Å²) in [7, 11) is 0. The molecule has 2 atom stereocenters. The average Bonchev–Trinajstić information content (AvgIpc) is 2.69. The first-order valence-corrected chi connectivity index (χ1v) is 5.31. The SMILES string of the molecule is CCC1=CC2C(C1)CC21OCCO1. The Bertz CT molecular complexity index is 251. The van der Waals surface area contributed by atoms with Crippen LogP contribution in [-0.4, -0.2) is 19.0 Å². The van der Waals surface area contributed by atoms with Crippen molar-refractivity contribution < 1.29 is 9.47 Å². The topological polar surface area (TPSA) is 18.5 Å². The van der Waals surface area contributed by atoms with Crippen LogP contribution in [0.2, 0.25) is 0 Å². The smallest absolute Gasteiger partial charge is 0.175 e. The zero-order valence-electron chi connectivity index (χ0n) is 8.08. The van der Waals surface area contributed by atoms with E-state index < -0.39 is 0 Å². The molecule has 72 valence electrons. The maximum atomic E-state index is 5.72. The summed E-state index contributed by atoms with van der Waals surface area (Å²) >= 11 is 0. The minimum atomic E-state index is -0.179. The van der Waals surface area contributed by atoms with Crippen LogP contribution in [0.25, 0.3) is 0 Å². The van der Waals surface area contributed by atoms with Gasteiger partial charge in [-0.05, 0) is 18.8 Å². The second-order valence-electron chi connectivity index (χ2n) is 4.38. The Morgan fingerprint density at radius 3 is 2.92 bits per heavy atom. The fourth-order valence-electron chi connectivity index (χ4n) is 2.99. The van der Waals surface area contributed by atoms with E-state index in [1.165, 1.54) is 12.8 Å². The summed E-state index contributed by atoms with van der Waals surface area (Å²) in [6.45, 7) is 3.82. The molecule has 1 spiro atoms. The summed E-state index contributed by atoms with van der Waals surface area (Å²) in [6.07, 6.45) is 6.01. The van der Waals surface area contributed by atoms with Crippen LogP contribution in [0.4, 0.5) is 0 Å². The fourth-order valence-corrected chi connectivity index (χ4v) is 2.99. The van der Waals surface area contributed by atoms with Gasteiger partial charge in [0.2, 0.25) is 0 Å². The van der Waals surface area contributed by atoms with Gasteiger partial charge in [0.25, 0.3) is 0 Å². The van der Waals surface area contributed by atoms with Crippen molar-refractivity contribution >= 4 is 0 Å². The normalized spacial score (nSPS) is 40.2. The molecular weight excluding hydrogens is 164 g/mol. The van der Waals surface area contributed by atoms with E-state index in [1.807, 2.05) is 0 Å². The molecule has 1 heterocycles. The highest BCUT2D eigenvalue weighted by Gasteiger charge is 2.58. The third-order valence-electron chi connectivity index (χ3n) is 3.73. The van der Waals surface area contributed by atoms with Crippen LogP contribution in [-0.2, 0) is 9.47 Å². The summed E-state index contributed by atoms with van der Waals surface area (Å²) in [5, 5.41) is 0. The lowest BCUT2D eigenvalue weighted by Crippen LogP contribution is -2.52. The van der Waals surface area contributed by atoms with E-state index in [9.17, 15) is 0 Å². The maximum absolute atomic E-state index is 5.72. The number of rotatable bonds is 1. The van der Waals surface area contributed by atoms with Gasteiger partial charge in [0.05, 0.1) is 13.2 Å². The molecule has 1 saturated carbocycles. The fraction of sp³-hybridized carbons (Fsp3) is 0.818. The molecule has 1 saturated heterocycles. The molecule has 13 heavy (non-hydrogen) atoms. The molecule has 2 aliphatic carbocycles. The average molecular weight is 180 g/mol. The standard InChI is InChI=1S/C11H16O2/c1-2-8-5-9-7-11(10(9)6-8)12-3-4-13-11/h6,9-10H,2-5,7H2,1H3.